The van der Waals surface area contributed by atoms with Gasteiger partial charge in [0.25, 0.3) is 11.8 Å². The molecule has 1 fully saturated rings. The monoisotopic (exact) mass is 625 g/mol. The van der Waals surface area contributed by atoms with Crippen molar-refractivity contribution in [1.29, 1.82) is 0 Å². The van der Waals surface area contributed by atoms with E-state index in [0.29, 0.717) is 47.6 Å². The summed E-state index contributed by atoms with van der Waals surface area (Å²) >= 11 is 0. The smallest absolute Gasteiger partial charge is 0.264 e. The summed E-state index contributed by atoms with van der Waals surface area (Å²) in [4.78, 5) is 31.7. The normalized spacial score (nSPS) is 24.0. The first-order chi connectivity index (χ1) is 21.6. The molecule has 0 unspecified atom stereocenters. The van der Waals surface area contributed by atoms with Crippen molar-refractivity contribution in [2.24, 2.45) is 5.92 Å². The molecule has 2 amide bonds. The molecule has 1 aromatic heterocycles. The molecule has 9 nitrogen and oxygen atoms in total. The molecule has 4 aromatic rings. The van der Waals surface area contributed by atoms with E-state index in [1.165, 1.54) is 0 Å². The third-order valence-electron chi connectivity index (χ3n) is 9.67. The van der Waals surface area contributed by atoms with Gasteiger partial charge in [0.2, 0.25) is 8.41 Å². The lowest BCUT2D eigenvalue weighted by Gasteiger charge is -2.31. The number of aryl methyl sites for hydroxylation is 1. The Morgan fingerprint density at radius 2 is 1.91 bits per heavy atom. The number of anilines is 3. The quantitative estimate of drug-likeness (QED) is 0.147. The number of carbonyl (C=O) groups is 2. The van der Waals surface area contributed by atoms with Gasteiger partial charge in [0.15, 0.2) is 5.60 Å². The van der Waals surface area contributed by atoms with Gasteiger partial charge in [0, 0.05) is 60.4 Å². The van der Waals surface area contributed by atoms with Crippen LogP contribution in [0.25, 0.3) is 10.8 Å². The van der Waals surface area contributed by atoms with Gasteiger partial charge >= 0.3 is 0 Å². The number of hydrogen-bond acceptors (Lipinski definition) is 6. The molecule has 45 heavy (non-hydrogen) atoms. The van der Waals surface area contributed by atoms with Crippen molar-refractivity contribution in [3.63, 3.8) is 0 Å². The molecule has 11 heteroatoms. The predicted molar refractivity (Wildman–Crippen MR) is 173 cm³/mol. The fraction of sp³-hybridized carbons (Fsp3) is 0.353. The number of halogens is 1. The average Bonchev–Trinajstić information content (AvgIpc) is 3.72. The fourth-order valence-corrected chi connectivity index (χ4v) is 10.4. The van der Waals surface area contributed by atoms with Crippen molar-refractivity contribution >= 4 is 48.1 Å². The maximum atomic E-state index is 16.3. The highest BCUT2D eigenvalue weighted by Gasteiger charge is 2.66. The fourth-order valence-electron chi connectivity index (χ4n) is 7.86. The molecule has 4 atom stereocenters. The van der Waals surface area contributed by atoms with Crippen LogP contribution in [0.15, 0.2) is 73.4 Å². The van der Waals surface area contributed by atoms with E-state index in [-0.39, 0.29) is 25.0 Å². The summed E-state index contributed by atoms with van der Waals surface area (Å²) in [5.41, 5.74) is 2.15. The van der Waals surface area contributed by atoms with Gasteiger partial charge in [-0.2, -0.15) is 0 Å². The van der Waals surface area contributed by atoms with Gasteiger partial charge in [-0.1, -0.05) is 42.5 Å². The van der Waals surface area contributed by atoms with Gasteiger partial charge in [0.05, 0.1) is 28.7 Å². The van der Waals surface area contributed by atoms with E-state index in [4.69, 9.17) is 4.74 Å². The second-order valence-electron chi connectivity index (χ2n) is 12.7. The number of hydrogen-bond donors (Lipinski definition) is 1. The van der Waals surface area contributed by atoms with Crippen molar-refractivity contribution in [2.75, 3.05) is 23.0 Å². The lowest BCUT2D eigenvalue weighted by Crippen LogP contribution is -2.45. The number of aromatic nitrogens is 3. The number of amides is 2. The molecule has 1 spiro atoms. The number of nitrogens with zero attached hydrogens (tertiary/aromatic N) is 5. The highest BCUT2D eigenvalue weighted by atomic mass is 28.4. The van der Waals surface area contributed by atoms with E-state index in [0.717, 1.165) is 16.5 Å². The lowest BCUT2D eigenvalue weighted by atomic mass is 9.82. The highest BCUT2D eigenvalue weighted by Crippen LogP contribution is 2.61. The topological polar surface area (TPSA) is 101 Å². The first kappa shape index (κ1) is 29.5. The van der Waals surface area contributed by atoms with Crippen LogP contribution in [0.4, 0.5) is 21.2 Å². The van der Waals surface area contributed by atoms with Gasteiger partial charge in [0.1, 0.15) is 0 Å². The van der Waals surface area contributed by atoms with Crippen molar-refractivity contribution in [1.82, 2.24) is 15.0 Å². The van der Waals surface area contributed by atoms with Gasteiger partial charge in [-0.15, -0.1) is 11.7 Å². The van der Waals surface area contributed by atoms with Crippen LogP contribution in [0, 0.1) is 5.92 Å². The molecular formula is C34H36FN5O4Si. The van der Waals surface area contributed by atoms with Gasteiger partial charge < -0.3 is 18.9 Å². The van der Waals surface area contributed by atoms with E-state index in [1.54, 1.807) is 39.8 Å². The minimum absolute atomic E-state index is 0.0246. The Bertz CT molecular complexity index is 1850. The summed E-state index contributed by atoms with van der Waals surface area (Å²) in [6.45, 7) is 9.83. The van der Waals surface area contributed by atoms with Crippen LogP contribution in [0.3, 0.4) is 0 Å². The summed E-state index contributed by atoms with van der Waals surface area (Å²) in [5.74, 6) is -0.845. The largest absolute Gasteiger partial charge is 0.396 e. The molecule has 0 aliphatic carbocycles. The van der Waals surface area contributed by atoms with Gasteiger partial charge in [-0.3, -0.25) is 19.2 Å². The van der Waals surface area contributed by atoms with Crippen LogP contribution in [0.1, 0.15) is 35.0 Å². The molecule has 7 rings (SSSR count). The Morgan fingerprint density at radius 1 is 1.13 bits per heavy atom. The predicted octanol–water partition coefficient (Wildman–Crippen LogP) is 5.66. The first-order valence-corrected chi connectivity index (χ1v) is 18.4. The minimum Gasteiger partial charge on any atom is -0.396 e. The Labute approximate surface area is 262 Å². The first-order valence-electron chi connectivity index (χ1n) is 15.4. The van der Waals surface area contributed by atoms with Crippen LogP contribution < -0.4 is 9.80 Å². The van der Waals surface area contributed by atoms with Crippen LogP contribution in [-0.4, -0.2) is 59.6 Å². The molecule has 1 N–H and O–H groups in total. The zero-order valence-corrected chi connectivity index (χ0v) is 26.6. The average molecular weight is 626 g/mol. The number of rotatable bonds is 9. The van der Waals surface area contributed by atoms with Crippen LogP contribution in [-0.2, 0) is 28.1 Å². The number of ether oxygens (including phenoxy) is 1. The van der Waals surface area contributed by atoms with Crippen LogP contribution in [0.5, 0.6) is 0 Å². The lowest BCUT2D eigenvalue weighted by molar-refractivity contribution is -0.145. The third kappa shape index (κ3) is 4.39. The van der Waals surface area contributed by atoms with Gasteiger partial charge in [-0.05, 0) is 55.2 Å². The molecule has 4 heterocycles. The maximum Gasteiger partial charge on any atom is 0.264 e. The van der Waals surface area contributed by atoms with E-state index in [1.807, 2.05) is 61.5 Å². The Kier molecular flexibility index (Phi) is 7.03. The summed E-state index contributed by atoms with van der Waals surface area (Å²) in [6, 6.07) is 17.2. The summed E-state index contributed by atoms with van der Waals surface area (Å²) in [5, 5.41) is 19.4. The van der Waals surface area contributed by atoms with Crippen molar-refractivity contribution < 1.29 is 23.5 Å². The maximum absolute atomic E-state index is 16.3. The summed E-state index contributed by atoms with van der Waals surface area (Å²) < 4.78 is 24.8. The van der Waals surface area contributed by atoms with Crippen molar-refractivity contribution in [3.05, 3.63) is 90.3 Å². The molecule has 3 aliphatic rings. The minimum atomic E-state index is -3.37. The van der Waals surface area contributed by atoms with Crippen LogP contribution >= 0.6 is 0 Å². The van der Waals surface area contributed by atoms with Crippen LogP contribution in [0.2, 0.25) is 18.6 Å². The molecule has 3 aromatic carbocycles. The second kappa shape index (κ2) is 10.7. The molecule has 0 radical (unpaired) electrons. The Hall–Kier alpha value is -4.19. The third-order valence-corrected chi connectivity index (χ3v) is 12.1. The van der Waals surface area contributed by atoms with E-state index >= 15 is 4.11 Å². The molecule has 3 aliphatic heterocycles. The molecule has 1 saturated heterocycles. The van der Waals surface area contributed by atoms with Crippen molar-refractivity contribution in [2.45, 2.75) is 56.7 Å². The standard InChI is InChI=1S/C34H36FN5O4Si/c1-5-16-39-27-13-12-24(40-28-11-7-9-22-8-6-10-25(30(22)28)32(40)42)19-26(27)34(33(39)43)21(2)31(45(3,4)35)29(44-34)14-17-38-20-23(15-18-41)36-37-38/h5-13,19-21,29,31,41H,1,14-18H2,2-4H3/t21-,29+,31-,34+/m0/s1. The van der Waals surface area contributed by atoms with Gasteiger partial charge in [-0.25, -0.2) is 0 Å². The molecule has 0 saturated carbocycles. The van der Waals surface area contributed by atoms with E-state index in [2.05, 4.69) is 16.9 Å². The Balaban J connectivity index is 1.31. The Morgan fingerprint density at radius 3 is 2.64 bits per heavy atom. The molecular weight excluding hydrogens is 589 g/mol. The zero-order valence-electron chi connectivity index (χ0n) is 25.6. The number of carbonyl (C=O) groups excluding carboxylic acids is 2. The summed E-state index contributed by atoms with van der Waals surface area (Å²) in [6.07, 6.45) is 3.74. The van der Waals surface area contributed by atoms with E-state index < -0.39 is 31.6 Å². The molecule has 0 bridgehead atoms. The zero-order chi connectivity index (χ0) is 31.7. The van der Waals surface area contributed by atoms with Crippen molar-refractivity contribution in [3.8, 4) is 0 Å². The number of fused-ring (bicyclic) bond motifs is 2. The van der Waals surface area contributed by atoms with E-state index in [9.17, 15) is 14.7 Å². The number of aliphatic hydroxyl groups is 1. The SMILES string of the molecule is C=CCN1C(=O)[C@]2(O[C@H](CCn3cc(CCO)nn3)[C@@H]([Si](C)(C)F)[C@@H]2C)c2cc(N3C(=O)c4cccc5cccc3c45)ccc21. The number of aliphatic hydroxyl groups excluding tert-OH is 1. The highest BCUT2D eigenvalue weighted by molar-refractivity contribution is 6.72. The second-order valence-corrected chi connectivity index (χ2v) is 16.5. The summed E-state index contributed by atoms with van der Waals surface area (Å²) in [7, 11) is -3.37. The molecule has 232 valence electrons. The number of benzene rings is 3.